The monoisotopic (exact) mass is 990 g/mol. The van der Waals surface area contributed by atoms with E-state index in [1.54, 1.807) is 48.5 Å². The van der Waals surface area contributed by atoms with Crippen LogP contribution in [0.25, 0.3) is 0 Å². The number of hydrogen-bond donors (Lipinski definition) is 0. The maximum absolute atomic E-state index is 13.2. The van der Waals surface area contributed by atoms with Crippen molar-refractivity contribution in [1.29, 1.82) is 0 Å². The van der Waals surface area contributed by atoms with Crippen LogP contribution in [0.2, 0.25) is 39.3 Å². The Morgan fingerprint density at radius 2 is 0.829 bits per heavy atom. The SMILES string of the molecule is C=CCN(C[C@@H](C(=O)OC[Si](C)(C)C)N1C(=O)c2ccccc2C1=O)C(=O)OCc1ccccc1.C[Si](C)(C)COC(=O)[C@H](CN(CC=O)C(=O)OCc1ccccc1)N1C(=O)c2ccccc2C1=O. The van der Waals surface area contributed by atoms with E-state index in [2.05, 4.69) is 6.58 Å². The summed E-state index contributed by atoms with van der Waals surface area (Å²) in [7, 11) is -3.61. The summed E-state index contributed by atoms with van der Waals surface area (Å²) in [6.07, 6.45) is 0.782. The molecule has 2 aliphatic rings. The van der Waals surface area contributed by atoms with Crippen LogP contribution in [-0.4, -0.2) is 141 Å². The van der Waals surface area contributed by atoms with E-state index in [0.717, 1.165) is 25.8 Å². The van der Waals surface area contributed by atoms with Crippen molar-refractivity contribution in [3.05, 3.63) is 155 Å². The number of aldehydes is 1. The fourth-order valence-corrected chi connectivity index (χ4v) is 8.16. The van der Waals surface area contributed by atoms with E-state index >= 15 is 0 Å². The smallest absolute Gasteiger partial charge is 0.410 e. The quantitative estimate of drug-likeness (QED) is 0.0223. The average Bonchev–Trinajstić information content (AvgIpc) is 3.74. The van der Waals surface area contributed by atoms with E-state index in [1.807, 2.05) is 75.7 Å². The van der Waals surface area contributed by atoms with Crippen LogP contribution in [0.3, 0.4) is 0 Å². The Hall–Kier alpha value is -7.52. The van der Waals surface area contributed by atoms with Gasteiger partial charge in [-0.05, 0) is 35.4 Å². The zero-order valence-corrected chi connectivity index (χ0v) is 42.2. The standard InChI is InChI=1S/C26H30N2O6Si.C25H28N2O7Si/c1-5-15-27(26(32)33-17-19-11-7-6-8-12-19)16-22(25(31)34-18-35(2,3)4)28-23(29)20-13-9-10-14-21(20)24(28)30;1-35(2,3)17-34-24(31)21(27-22(29)19-11-7-8-12-20(19)23(27)30)15-26(13-14-28)25(32)33-16-18-9-5-4-6-10-18/h5-14,22H,1,15-18H2,2-4H3;4-12,14,21H,13,15-17H2,1-3H3/t22-;21-/m00/s1. The van der Waals surface area contributed by atoms with Crippen molar-refractivity contribution >= 4 is 70.2 Å². The van der Waals surface area contributed by atoms with Crippen molar-refractivity contribution in [3.8, 4) is 0 Å². The van der Waals surface area contributed by atoms with E-state index in [-0.39, 0.29) is 61.0 Å². The van der Waals surface area contributed by atoms with Crippen LogP contribution < -0.4 is 0 Å². The number of carbonyl (C=O) groups excluding carboxylic acids is 9. The Bertz CT molecular complexity index is 2330. The molecule has 2 heterocycles. The average molecular weight is 991 g/mol. The highest BCUT2D eigenvalue weighted by atomic mass is 28.3. The Labute approximate surface area is 408 Å². The van der Waals surface area contributed by atoms with Crippen LogP contribution in [0, 0.1) is 0 Å². The first-order valence-electron chi connectivity index (χ1n) is 22.5. The van der Waals surface area contributed by atoms with Gasteiger partial charge in [0.25, 0.3) is 23.6 Å². The number of benzene rings is 4. The molecule has 19 heteroatoms. The summed E-state index contributed by atoms with van der Waals surface area (Å²) >= 11 is 0. The molecule has 0 spiro atoms. The second kappa shape index (κ2) is 24.2. The van der Waals surface area contributed by atoms with Crippen molar-refractivity contribution in [2.24, 2.45) is 0 Å². The molecule has 0 unspecified atom stereocenters. The van der Waals surface area contributed by atoms with Crippen LogP contribution >= 0.6 is 0 Å². The van der Waals surface area contributed by atoms with E-state index in [0.29, 0.717) is 6.29 Å². The molecule has 368 valence electrons. The largest absolute Gasteiger partial charge is 0.468 e. The number of esters is 2. The molecular formula is C51H58N4O13Si2. The fraction of sp³-hybridized carbons (Fsp3) is 0.314. The Kier molecular flexibility index (Phi) is 18.4. The summed E-state index contributed by atoms with van der Waals surface area (Å²) < 4.78 is 21.7. The lowest BCUT2D eigenvalue weighted by Crippen LogP contribution is -2.53. The Balaban J connectivity index is 0.000000261. The molecule has 0 fully saturated rings. The second-order valence-electron chi connectivity index (χ2n) is 18.8. The fourth-order valence-electron chi connectivity index (χ4n) is 7.00. The molecule has 0 N–H and O–H groups in total. The molecule has 0 radical (unpaired) electrons. The summed E-state index contributed by atoms with van der Waals surface area (Å²) in [5.74, 6) is -4.09. The zero-order valence-electron chi connectivity index (χ0n) is 40.2. The molecule has 4 aromatic carbocycles. The predicted molar refractivity (Wildman–Crippen MR) is 263 cm³/mol. The van der Waals surface area contributed by atoms with Gasteiger partial charge < -0.3 is 28.6 Å². The first-order chi connectivity index (χ1) is 33.2. The van der Waals surface area contributed by atoms with Crippen LogP contribution in [0.15, 0.2) is 122 Å². The molecule has 0 saturated carbocycles. The lowest BCUT2D eigenvalue weighted by molar-refractivity contribution is -0.147. The first kappa shape index (κ1) is 53.4. The summed E-state index contributed by atoms with van der Waals surface area (Å²) in [6, 6.07) is 27.9. The third kappa shape index (κ3) is 14.3. The van der Waals surface area contributed by atoms with E-state index < -0.39 is 89.1 Å². The minimum Gasteiger partial charge on any atom is -0.468 e. The van der Waals surface area contributed by atoms with Crippen LogP contribution in [0.4, 0.5) is 9.59 Å². The van der Waals surface area contributed by atoms with Gasteiger partial charge in [0.15, 0.2) is 12.1 Å². The van der Waals surface area contributed by atoms with Gasteiger partial charge in [-0.15, -0.1) is 6.58 Å². The number of imide groups is 2. The number of hydrogen-bond acceptors (Lipinski definition) is 13. The number of nitrogens with zero attached hydrogens (tertiary/aromatic N) is 4. The summed E-state index contributed by atoms with van der Waals surface area (Å²) in [6.45, 7) is 14.7. The van der Waals surface area contributed by atoms with Gasteiger partial charge in [-0.3, -0.25) is 33.9 Å². The maximum Gasteiger partial charge on any atom is 0.410 e. The van der Waals surface area contributed by atoms with Gasteiger partial charge in [-0.1, -0.05) is 130 Å². The topological polar surface area (TPSA) is 204 Å². The molecule has 4 aromatic rings. The van der Waals surface area contributed by atoms with Crippen molar-refractivity contribution in [2.45, 2.75) is 64.6 Å². The van der Waals surface area contributed by atoms with E-state index in [4.69, 9.17) is 18.9 Å². The number of amides is 6. The number of fused-ring (bicyclic) bond motifs is 2. The normalized spacial score (nSPS) is 13.7. The molecule has 6 amide bonds. The van der Waals surface area contributed by atoms with Gasteiger partial charge in [0, 0.05) is 6.54 Å². The van der Waals surface area contributed by atoms with Crippen molar-refractivity contribution in [2.75, 3.05) is 38.6 Å². The van der Waals surface area contributed by atoms with Gasteiger partial charge in [-0.2, -0.15) is 0 Å². The summed E-state index contributed by atoms with van der Waals surface area (Å²) in [5, 5.41) is 0. The number of ether oxygens (including phenoxy) is 4. The lowest BCUT2D eigenvalue weighted by atomic mass is 10.1. The Morgan fingerprint density at radius 3 is 1.13 bits per heavy atom. The first-order valence-corrected chi connectivity index (χ1v) is 29.9. The number of carbonyl (C=O) groups is 9. The molecular weight excluding hydrogens is 933 g/mol. The summed E-state index contributed by atoms with van der Waals surface area (Å²) in [5.41, 5.74) is 2.28. The molecule has 0 aromatic heterocycles. The van der Waals surface area contributed by atoms with Crippen molar-refractivity contribution in [1.82, 2.24) is 19.6 Å². The Morgan fingerprint density at radius 1 is 0.514 bits per heavy atom. The summed E-state index contributed by atoms with van der Waals surface area (Å²) in [4.78, 5) is 120. The molecule has 2 atom stereocenters. The molecule has 0 aliphatic carbocycles. The molecule has 2 aliphatic heterocycles. The highest BCUT2D eigenvalue weighted by molar-refractivity contribution is 6.76. The highest BCUT2D eigenvalue weighted by Crippen LogP contribution is 2.28. The van der Waals surface area contributed by atoms with Crippen LogP contribution in [0.5, 0.6) is 0 Å². The van der Waals surface area contributed by atoms with Gasteiger partial charge in [-0.25, -0.2) is 19.2 Å². The van der Waals surface area contributed by atoms with E-state index in [1.165, 1.54) is 35.2 Å². The predicted octanol–water partition coefficient (Wildman–Crippen LogP) is 6.81. The van der Waals surface area contributed by atoms with Crippen LogP contribution in [0.1, 0.15) is 52.6 Å². The second-order valence-corrected chi connectivity index (χ2v) is 29.6. The van der Waals surface area contributed by atoms with Gasteiger partial charge in [0.1, 0.15) is 19.5 Å². The van der Waals surface area contributed by atoms with E-state index in [9.17, 15) is 43.2 Å². The third-order valence-electron chi connectivity index (χ3n) is 10.5. The van der Waals surface area contributed by atoms with Gasteiger partial charge in [0.05, 0.1) is 70.5 Å². The minimum absolute atomic E-state index is 0.0328. The highest BCUT2D eigenvalue weighted by Gasteiger charge is 2.46. The minimum atomic E-state index is -1.82. The third-order valence-corrected chi connectivity index (χ3v) is 12.5. The van der Waals surface area contributed by atoms with Crippen molar-refractivity contribution in [3.63, 3.8) is 0 Å². The maximum atomic E-state index is 13.2. The molecule has 70 heavy (non-hydrogen) atoms. The molecule has 17 nitrogen and oxygen atoms in total. The molecule has 0 bridgehead atoms. The molecule has 6 rings (SSSR count). The number of rotatable bonds is 20. The van der Waals surface area contributed by atoms with Crippen LogP contribution in [-0.2, 0) is 46.5 Å². The van der Waals surface area contributed by atoms with Gasteiger partial charge in [0.2, 0.25) is 0 Å². The van der Waals surface area contributed by atoms with Gasteiger partial charge >= 0.3 is 24.1 Å². The lowest BCUT2D eigenvalue weighted by Gasteiger charge is -2.30. The molecule has 0 saturated heterocycles. The zero-order chi connectivity index (χ0) is 51.2. The van der Waals surface area contributed by atoms with Crippen molar-refractivity contribution < 1.29 is 62.1 Å².